The number of amides is 1. The van der Waals surface area contributed by atoms with Crippen molar-refractivity contribution in [1.29, 1.82) is 0 Å². The lowest BCUT2D eigenvalue weighted by molar-refractivity contribution is -0.139. The molecule has 0 bridgehead atoms. The molecule has 0 fully saturated rings. The number of aliphatic imine (C=N–C) groups is 1. The van der Waals surface area contributed by atoms with Crippen LogP contribution in [0.2, 0.25) is 0 Å². The molecule has 2 heterocycles. The first-order valence-corrected chi connectivity index (χ1v) is 14.5. The summed E-state index contributed by atoms with van der Waals surface area (Å²) in [6.07, 6.45) is 4.71. The van der Waals surface area contributed by atoms with E-state index in [1.807, 2.05) is 32.0 Å². The number of thiophene rings is 1. The molecular formula is C28H33N3O6S2. The smallest absolute Gasteiger partial charge is 0.342 e. The third kappa shape index (κ3) is 6.37. The summed E-state index contributed by atoms with van der Waals surface area (Å²) in [6, 6.07) is 5.69. The van der Waals surface area contributed by atoms with E-state index >= 15 is 0 Å². The monoisotopic (exact) mass is 571 g/mol. The fraction of sp³-hybridized carbons (Fsp3) is 0.429. The van der Waals surface area contributed by atoms with Gasteiger partial charge in [0.15, 0.2) is 0 Å². The normalized spacial score (nSPS) is 18.1. The Kier molecular flexibility index (Phi) is 9.47. The zero-order chi connectivity index (χ0) is 28.1. The van der Waals surface area contributed by atoms with Gasteiger partial charge in [-0.15, -0.1) is 11.3 Å². The number of carbonyl (C=O) groups excluding carboxylic acids is 3. The molecule has 39 heavy (non-hydrogen) atoms. The Balaban J connectivity index is 1.66. The van der Waals surface area contributed by atoms with Crippen LogP contribution in [-0.2, 0) is 36.6 Å². The second kappa shape index (κ2) is 12.8. The van der Waals surface area contributed by atoms with Gasteiger partial charge in [-0.3, -0.25) is 4.79 Å². The van der Waals surface area contributed by atoms with Crippen LogP contribution < -0.4 is 11.1 Å². The largest absolute Gasteiger partial charge is 0.465 e. The van der Waals surface area contributed by atoms with Gasteiger partial charge in [0.2, 0.25) is 5.91 Å². The van der Waals surface area contributed by atoms with Gasteiger partial charge in [-0.1, -0.05) is 24.2 Å². The summed E-state index contributed by atoms with van der Waals surface area (Å²) in [7, 11) is 2.84. The minimum absolute atomic E-state index is 0.0355. The Morgan fingerprint density at radius 1 is 1.05 bits per heavy atom. The quantitative estimate of drug-likeness (QED) is 0.267. The third-order valence-electron chi connectivity index (χ3n) is 6.75. The van der Waals surface area contributed by atoms with Crippen LogP contribution in [0.4, 0.5) is 10.7 Å². The van der Waals surface area contributed by atoms with Crippen molar-refractivity contribution >= 4 is 56.7 Å². The molecule has 4 rings (SSSR count). The summed E-state index contributed by atoms with van der Waals surface area (Å²) in [5.74, 6) is -1.61. The van der Waals surface area contributed by atoms with Crippen molar-refractivity contribution in [2.24, 2.45) is 10.7 Å². The predicted molar refractivity (Wildman–Crippen MR) is 154 cm³/mol. The predicted octanol–water partition coefficient (Wildman–Crippen LogP) is 4.61. The van der Waals surface area contributed by atoms with E-state index < -0.39 is 23.1 Å². The molecule has 9 nitrogen and oxygen atoms in total. The highest BCUT2D eigenvalue weighted by Crippen LogP contribution is 2.40. The number of nitrogens with two attached hydrogens (primary N) is 1. The van der Waals surface area contributed by atoms with E-state index in [0.717, 1.165) is 65.4 Å². The number of thioether (sulfide) groups is 1. The van der Waals surface area contributed by atoms with Gasteiger partial charge >= 0.3 is 11.9 Å². The van der Waals surface area contributed by atoms with Crippen molar-refractivity contribution in [1.82, 2.24) is 0 Å². The van der Waals surface area contributed by atoms with Crippen LogP contribution in [-0.4, -0.2) is 55.6 Å². The Morgan fingerprint density at radius 2 is 1.82 bits per heavy atom. The van der Waals surface area contributed by atoms with Crippen molar-refractivity contribution in [3.05, 3.63) is 56.6 Å². The van der Waals surface area contributed by atoms with Crippen molar-refractivity contribution in [3.63, 3.8) is 0 Å². The molecule has 0 unspecified atom stereocenters. The van der Waals surface area contributed by atoms with E-state index in [1.54, 1.807) is 0 Å². The Morgan fingerprint density at radius 3 is 2.54 bits per heavy atom. The lowest BCUT2D eigenvalue weighted by atomic mass is 10.1. The second-order valence-electron chi connectivity index (χ2n) is 9.39. The topological polar surface area (TPSA) is 129 Å². The lowest BCUT2D eigenvalue weighted by Gasteiger charge is -2.12. The molecule has 0 saturated heterocycles. The standard InChI is InChI=1S/C28H33N3O6S2/c1-15-10-11-17(14-16(15)2)30-26-21(28(34)37-13-12-35-3)22(29)23(39-26)24(32)31-25-20(27(33)36-4)18-8-6-5-7-9-19(18)38-25/h10-11,14,23H,5-9,12-13,29H2,1-4H3,(H,31,32)/t23-/m0/s1. The average Bonchev–Trinajstić information content (AvgIpc) is 3.32. The van der Waals surface area contributed by atoms with Crippen molar-refractivity contribution < 1.29 is 28.6 Å². The number of rotatable bonds is 8. The number of esters is 2. The van der Waals surface area contributed by atoms with Gasteiger partial charge < -0.3 is 25.3 Å². The molecule has 0 saturated carbocycles. The van der Waals surface area contributed by atoms with Gasteiger partial charge in [0, 0.05) is 17.7 Å². The van der Waals surface area contributed by atoms with Gasteiger partial charge in [0.25, 0.3) is 0 Å². The number of fused-ring (bicyclic) bond motifs is 1. The van der Waals surface area contributed by atoms with Gasteiger partial charge in [0.1, 0.15) is 27.5 Å². The summed E-state index contributed by atoms with van der Waals surface area (Å²) in [4.78, 5) is 45.1. The third-order valence-corrected chi connectivity index (χ3v) is 9.18. The maximum Gasteiger partial charge on any atom is 0.342 e. The number of ether oxygens (including phenoxy) is 3. The molecule has 1 atom stereocenters. The van der Waals surface area contributed by atoms with E-state index in [9.17, 15) is 14.4 Å². The van der Waals surface area contributed by atoms with Crippen LogP contribution in [0.25, 0.3) is 0 Å². The lowest BCUT2D eigenvalue weighted by Crippen LogP contribution is -2.29. The second-order valence-corrected chi connectivity index (χ2v) is 11.6. The molecule has 0 radical (unpaired) electrons. The molecule has 11 heteroatoms. The summed E-state index contributed by atoms with van der Waals surface area (Å²) in [5.41, 5.74) is 10.7. The summed E-state index contributed by atoms with van der Waals surface area (Å²) in [5, 5.41) is 2.71. The number of anilines is 1. The molecule has 3 N–H and O–H groups in total. The Labute approximate surface area is 236 Å². The van der Waals surface area contributed by atoms with Crippen LogP contribution in [0.1, 0.15) is 51.2 Å². The zero-order valence-electron chi connectivity index (χ0n) is 22.5. The van der Waals surface area contributed by atoms with Crippen LogP contribution >= 0.6 is 23.1 Å². The Hall–Kier alpha value is -3.15. The molecule has 1 aliphatic carbocycles. The molecule has 2 aliphatic rings. The molecule has 1 aromatic carbocycles. The summed E-state index contributed by atoms with van der Waals surface area (Å²) < 4.78 is 15.4. The molecule has 1 aromatic heterocycles. The van der Waals surface area contributed by atoms with E-state index in [2.05, 4.69) is 10.3 Å². The molecule has 1 amide bonds. The maximum absolute atomic E-state index is 13.6. The van der Waals surface area contributed by atoms with E-state index in [-0.39, 0.29) is 24.5 Å². The molecular weight excluding hydrogens is 538 g/mol. The molecule has 2 aromatic rings. The average molecular weight is 572 g/mol. The zero-order valence-corrected chi connectivity index (χ0v) is 24.2. The number of hydrogen-bond donors (Lipinski definition) is 2. The van der Waals surface area contributed by atoms with Gasteiger partial charge in [-0.2, -0.15) is 0 Å². The van der Waals surface area contributed by atoms with Crippen LogP contribution in [0.5, 0.6) is 0 Å². The fourth-order valence-electron chi connectivity index (χ4n) is 4.50. The minimum Gasteiger partial charge on any atom is -0.465 e. The summed E-state index contributed by atoms with van der Waals surface area (Å²) in [6.45, 7) is 4.23. The summed E-state index contributed by atoms with van der Waals surface area (Å²) >= 11 is 2.48. The molecule has 0 spiro atoms. The maximum atomic E-state index is 13.6. The number of aryl methyl sites for hydroxylation is 3. The number of nitrogens with one attached hydrogen (secondary N) is 1. The molecule has 1 aliphatic heterocycles. The van der Waals surface area contributed by atoms with E-state index in [0.29, 0.717) is 21.3 Å². The SMILES string of the molecule is COCCOC(=O)C1=C(N)[C@@H](C(=O)Nc2sc3c(c2C(=O)OC)CCCCC3)SC1=Nc1ccc(C)c(C)c1. The minimum atomic E-state index is -0.937. The van der Waals surface area contributed by atoms with E-state index in [4.69, 9.17) is 19.9 Å². The first kappa shape index (κ1) is 28.8. The highest BCUT2D eigenvalue weighted by molar-refractivity contribution is 8.16. The van der Waals surface area contributed by atoms with E-state index in [1.165, 1.54) is 25.6 Å². The number of methoxy groups -OCH3 is 2. The Bertz CT molecular complexity index is 1350. The number of carbonyl (C=O) groups is 3. The first-order valence-electron chi connectivity index (χ1n) is 12.8. The number of hydrogen-bond acceptors (Lipinski definition) is 10. The van der Waals surface area contributed by atoms with Crippen molar-refractivity contribution in [2.45, 2.75) is 51.2 Å². The van der Waals surface area contributed by atoms with Crippen LogP contribution in [0, 0.1) is 13.8 Å². The molecule has 208 valence electrons. The highest BCUT2D eigenvalue weighted by atomic mass is 32.2. The highest BCUT2D eigenvalue weighted by Gasteiger charge is 2.40. The van der Waals surface area contributed by atoms with Gasteiger partial charge in [0.05, 0.1) is 25.0 Å². The van der Waals surface area contributed by atoms with Gasteiger partial charge in [-0.05, 0) is 68.4 Å². The van der Waals surface area contributed by atoms with Crippen molar-refractivity contribution in [2.75, 3.05) is 32.8 Å². The van der Waals surface area contributed by atoms with Crippen molar-refractivity contribution in [3.8, 4) is 0 Å². The number of nitrogens with zero attached hydrogens (tertiary/aromatic N) is 1. The number of benzene rings is 1. The van der Waals surface area contributed by atoms with Crippen LogP contribution in [0.15, 0.2) is 34.5 Å². The fourth-order valence-corrected chi connectivity index (χ4v) is 6.89. The first-order chi connectivity index (χ1) is 18.7. The van der Waals surface area contributed by atoms with Crippen LogP contribution in [0.3, 0.4) is 0 Å². The van der Waals surface area contributed by atoms with Gasteiger partial charge in [-0.25, -0.2) is 14.6 Å².